The molecule has 198 valence electrons. The van der Waals surface area contributed by atoms with Gasteiger partial charge in [0, 0.05) is 63.2 Å². The third kappa shape index (κ3) is 13.6. The van der Waals surface area contributed by atoms with E-state index in [1.807, 2.05) is 56.3 Å². The first-order valence-electron chi connectivity index (χ1n) is 11.5. The van der Waals surface area contributed by atoms with Gasteiger partial charge in [-0.05, 0) is 37.6 Å². The molecule has 2 aromatic rings. The van der Waals surface area contributed by atoms with E-state index in [2.05, 4.69) is 9.80 Å². The van der Waals surface area contributed by atoms with Gasteiger partial charge in [-0.2, -0.15) is 0 Å². The van der Waals surface area contributed by atoms with Crippen LogP contribution in [0.25, 0.3) is 0 Å². The number of carboxylic acids is 2. The number of aryl methyl sites for hydroxylation is 1. The Morgan fingerprint density at radius 3 is 2.00 bits per heavy atom. The van der Waals surface area contributed by atoms with Crippen LogP contribution in [-0.4, -0.2) is 77.1 Å². The van der Waals surface area contributed by atoms with Crippen molar-refractivity contribution in [1.82, 2.24) is 9.80 Å². The number of hydrogen-bond acceptors (Lipinski definition) is 6. The zero-order valence-electron chi connectivity index (χ0n) is 21.3. The molecule has 1 heterocycles. The van der Waals surface area contributed by atoms with Crippen molar-refractivity contribution in [2.24, 2.45) is 0 Å². The summed E-state index contributed by atoms with van der Waals surface area (Å²) in [6.07, 6.45) is 0. The Bertz CT molecular complexity index is 973. The number of carboxylic acid groups (broad SMARTS) is 2. The van der Waals surface area contributed by atoms with Crippen LogP contribution in [0.4, 0.5) is 0 Å². The lowest BCUT2D eigenvalue weighted by atomic mass is 10.2. The average Bonchev–Trinajstić information content (AvgIpc) is 2.78. The minimum atomic E-state index is -0.833. The standard InChI is InChI=1S/C22H28ClN3O2.2C2H4O2/c1-17-13-20(27-12-11-25-7-9-26(10-8-25)18(2)24)15-21(14-17)28-16-19-5-3-4-6-22(19)23;2*1-2(3)4/h3-6,13-15,24H,7-12,16H2,1-2H3;2*1H3,(H,3,4). The molecule has 0 bridgehead atoms. The number of benzene rings is 2. The second-order valence-electron chi connectivity index (χ2n) is 8.16. The summed E-state index contributed by atoms with van der Waals surface area (Å²) in [4.78, 5) is 22.5. The first-order chi connectivity index (χ1) is 17.0. The molecule has 0 spiro atoms. The van der Waals surface area contributed by atoms with Crippen molar-refractivity contribution < 1.29 is 29.3 Å². The fourth-order valence-electron chi connectivity index (χ4n) is 3.26. The summed E-state index contributed by atoms with van der Waals surface area (Å²) in [5.41, 5.74) is 2.06. The number of nitrogens with one attached hydrogen (secondary N) is 1. The summed E-state index contributed by atoms with van der Waals surface area (Å²) in [6, 6.07) is 13.7. The molecule has 9 nitrogen and oxygen atoms in total. The van der Waals surface area contributed by atoms with Gasteiger partial charge in [-0.25, -0.2) is 0 Å². The molecule has 1 saturated heterocycles. The molecule has 0 saturated carbocycles. The molecule has 0 aliphatic carbocycles. The lowest BCUT2D eigenvalue weighted by molar-refractivity contribution is -0.135. The number of hydrogen-bond donors (Lipinski definition) is 3. The van der Waals surface area contributed by atoms with Crippen LogP contribution in [0.15, 0.2) is 42.5 Å². The van der Waals surface area contributed by atoms with E-state index >= 15 is 0 Å². The Hall–Kier alpha value is -3.30. The fourth-order valence-corrected chi connectivity index (χ4v) is 3.45. The van der Waals surface area contributed by atoms with E-state index in [9.17, 15) is 0 Å². The van der Waals surface area contributed by atoms with Crippen LogP contribution in [0, 0.1) is 12.3 Å². The van der Waals surface area contributed by atoms with E-state index in [0.29, 0.717) is 24.1 Å². The fraction of sp³-hybridized carbons (Fsp3) is 0.423. The van der Waals surface area contributed by atoms with Crippen LogP contribution in [0.3, 0.4) is 0 Å². The predicted molar refractivity (Wildman–Crippen MR) is 140 cm³/mol. The Labute approximate surface area is 217 Å². The molecule has 1 aliphatic heterocycles. The molecule has 1 fully saturated rings. The second kappa shape index (κ2) is 16.4. The topological polar surface area (TPSA) is 123 Å². The van der Waals surface area contributed by atoms with Crippen molar-refractivity contribution in [3.8, 4) is 11.5 Å². The van der Waals surface area contributed by atoms with Crippen molar-refractivity contribution >= 4 is 29.4 Å². The summed E-state index contributed by atoms with van der Waals surface area (Å²) in [5.74, 6) is 0.591. The van der Waals surface area contributed by atoms with Gasteiger partial charge in [-0.1, -0.05) is 29.8 Å². The maximum atomic E-state index is 9.00. The highest BCUT2D eigenvalue weighted by molar-refractivity contribution is 6.31. The minimum absolute atomic E-state index is 0.430. The van der Waals surface area contributed by atoms with E-state index in [-0.39, 0.29) is 0 Å². The highest BCUT2D eigenvalue weighted by Crippen LogP contribution is 2.24. The van der Waals surface area contributed by atoms with Crippen molar-refractivity contribution in [2.75, 3.05) is 39.3 Å². The molecule has 0 amide bonds. The van der Waals surface area contributed by atoms with E-state index in [1.165, 1.54) is 0 Å². The summed E-state index contributed by atoms with van der Waals surface area (Å²) >= 11 is 6.20. The van der Waals surface area contributed by atoms with Crippen molar-refractivity contribution in [3.05, 3.63) is 58.6 Å². The molecule has 2 aromatic carbocycles. The number of nitrogens with zero attached hydrogens (tertiary/aromatic N) is 2. The summed E-state index contributed by atoms with van der Waals surface area (Å²) in [5, 5.41) is 23.3. The summed E-state index contributed by atoms with van der Waals surface area (Å²) < 4.78 is 11.9. The van der Waals surface area contributed by atoms with Gasteiger partial charge in [0.15, 0.2) is 0 Å². The largest absolute Gasteiger partial charge is 0.492 e. The quantitative estimate of drug-likeness (QED) is 0.362. The third-order valence-electron chi connectivity index (χ3n) is 4.90. The molecule has 1 aliphatic rings. The number of rotatable bonds is 7. The third-order valence-corrected chi connectivity index (χ3v) is 5.27. The van der Waals surface area contributed by atoms with E-state index in [0.717, 1.165) is 69.2 Å². The second-order valence-corrected chi connectivity index (χ2v) is 8.57. The van der Waals surface area contributed by atoms with Gasteiger partial charge in [0.1, 0.15) is 24.7 Å². The molecule has 3 N–H and O–H groups in total. The van der Waals surface area contributed by atoms with Crippen molar-refractivity contribution in [3.63, 3.8) is 0 Å². The van der Waals surface area contributed by atoms with Crippen molar-refractivity contribution in [2.45, 2.75) is 34.3 Å². The summed E-state index contributed by atoms with van der Waals surface area (Å²) in [6.45, 7) is 11.8. The van der Waals surface area contributed by atoms with Crippen LogP contribution in [-0.2, 0) is 16.2 Å². The highest BCUT2D eigenvalue weighted by Gasteiger charge is 2.16. The lowest BCUT2D eigenvalue weighted by Crippen LogP contribution is -2.48. The SMILES string of the molecule is CC(=N)N1CCN(CCOc2cc(C)cc(OCc3ccccc3Cl)c2)CC1.CC(=O)O.CC(=O)O. The molecule has 3 rings (SSSR count). The zero-order valence-corrected chi connectivity index (χ0v) is 22.0. The maximum absolute atomic E-state index is 9.00. The van der Waals surface area contributed by atoms with Gasteiger partial charge in [0.25, 0.3) is 11.9 Å². The number of piperazine rings is 1. The number of amidine groups is 1. The Balaban J connectivity index is 0.000000709. The zero-order chi connectivity index (χ0) is 27.1. The number of aliphatic carboxylic acids is 2. The monoisotopic (exact) mass is 521 g/mol. The maximum Gasteiger partial charge on any atom is 0.300 e. The van der Waals surface area contributed by atoms with Crippen LogP contribution >= 0.6 is 11.6 Å². The van der Waals surface area contributed by atoms with Gasteiger partial charge in [0.05, 0.1) is 5.84 Å². The van der Waals surface area contributed by atoms with Gasteiger partial charge in [0.2, 0.25) is 0 Å². The van der Waals surface area contributed by atoms with Gasteiger partial charge < -0.3 is 24.6 Å². The minimum Gasteiger partial charge on any atom is -0.492 e. The molecule has 0 radical (unpaired) electrons. The lowest BCUT2D eigenvalue weighted by Gasteiger charge is -2.35. The average molecular weight is 522 g/mol. The molecular formula is C26H36ClN3O6. The molecule has 0 aromatic heterocycles. The Kier molecular flexibility index (Phi) is 14.0. The normalized spacial score (nSPS) is 12.9. The van der Waals surface area contributed by atoms with Gasteiger partial charge in [-0.3, -0.25) is 19.9 Å². The first kappa shape index (κ1) is 30.7. The van der Waals surface area contributed by atoms with E-state index in [4.69, 9.17) is 46.3 Å². The molecule has 10 heteroatoms. The molecular weight excluding hydrogens is 486 g/mol. The van der Waals surface area contributed by atoms with E-state index in [1.54, 1.807) is 0 Å². The van der Waals surface area contributed by atoms with Gasteiger partial charge in [-0.15, -0.1) is 0 Å². The Morgan fingerprint density at radius 2 is 1.47 bits per heavy atom. The van der Waals surface area contributed by atoms with E-state index < -0.39 is 11.9 Å². The smallest absolute Gasteiger partial charge is 0.300 e. The van der Waals surface area contributed by atoms with Crippen LogP contribution < -0.4 is 9.47 Å². The number of carbonyl (C=O) groups is 2. The molecule has 0 unspecified atom stereocenters. The first-order valence-corrected chi connectivity index (χ1v) is 11.9. The van der Waals surface area contributed by atoms with Gasteiger partial charge >= 0.3 is 0 Å². The molecule has 36 heavy (non-hydrogen) atoms. The summed E-state index contributed by atoms with van der Waals surface area (Å²) in [7, 11) is 0. The number of ether oxygens (including phenoxy) is 2. The highest BCUT2D eigenvalue weighted by atomic mass is 35.5. The van der Waals surface area contributed by atoms with Crippen LogP contribution in [0.2, 0.25) is 5.02 Å². The molecule has 0 atom stereocenters. The Morgan fingerprint density at radius 1 is 0.944 bits per heavy atom. The number of halogens is 1. The van der Waals surface area contributed by atoms with Crippen molar-refractivity contribution in [1.29, 1.82) is 5.41 Å². The predicted octanol–water partition coefficient (Wildman–Crippen LogP) is 4.40. The van der Waals surface area contributed by atoms with Crippen LogP contribution in [0.5, 0.6) is 11.5 Å². The van der Waals surface area contributed by atoms with Crippen LogP contribution in [0.1, 0.15) is 31.9 Å².